The van der Waals surface area contributed by atoms with Gasteiger partial charge in [-0.2, -0.15) is 5.26 Å². The number of carbonyl (C=O) groups is 1. The molecule has 7 heteroatoms. The topological polar surface area (TPSA) is 96.6 Å². The lowest BCUT2D eigenvalue weighted by Gasteiger charge is -2.19. The first-order valence-corrected chi connectivity index (χ1v) is 6.49. The van der Waals surface area contributed by atoms with Crippen molar-refractivity contribution in [1.82, 2.24) is 0 Å². The molecule has 0 saturated heterocycles. The molecule has 1 N–H and O–H groups in total. The lowest BCUT2D eigenvalue weighted by atomic mass is 10.0. The van der Waals surface area contributed by atoms with E-state index in [2.05, 4.69) is 0 Å². The van der Waals surface area contributed by atoms with Gasteiger partial charge in [0, 0.05) is 27.1 Å². The highest BCUT2D eigenvalue weighted by Crippen LogP contribution is 2.49. The third-order valence-corrected chi connectivity index (χ3v) is 4.24. The molecule has 0 saturated carbocycles. The normalized spacial score (nSPS) is 13.1. The third kappa shape index (κ3) is 5.86. The molecule has 0 aliphatic heterocycles. The zero-order valence-corrected chi connectivity index (χ0v) is 10.3. The van der Waals surface area contributed by atoms with Gasteiger partial charge in [-0.1, -0.05) is 0 Å². The second-order valence-electron chi connectivity index (χ2n) is 3.32. The summed E-state index contributed by atoms with van der Waals surface area (Å²) >= 11 is 0. The minimum absolute atomic E-state index is 0.0218. The molecule has 0 amide bonds. The van der Waals surface area contributed by atoms with E-state index in [-0.39, 0.29) is 24.9 Å². The van der Waals surface area contributed by atoms with Crippen LogP contribution in [0, 0.1) is 17.2 Å². The molecular formula is C9H16NO5P. The minimum Gasteiger partial charge on any atom is -0.481 e. The molecule has 0 spiro atoms. The van der Waals surface area contributed by atoms with Crippen molar-refractivity contribution in [3.05, 3.63) is 0 Å². The van der Waals surface area contributed by atoms with Crippen LogP contribution in [0.5, 0.6) is 0 Å². The number of rotatable bonds is 8. The third-order valence-electron chi connectivity index (χ3n) is 2.17. The van der Waals surface area contributed by atoms with Crippen LogP contribution in [0.1, 0.15) is 19.3 Å². The molecule has 92 valence electrons. The van der Waals surface area contributed by atoms with Gasteiger partial charge in [-0.25, -0.2) is 0 Å². The zero-order valence-electron chi connectivity index (χ0n) is 9.38. The fourth-order valence-electron chi connectivity index (χ4n) is 1.31. The van der Waals surface area contributed by atoms with Crippen LogP contribution in [-0.4, -0.2) is 31.5 Å². The zero-order chi connectivity index (χ0) is 12.6. The number of nitrogens with zero attached hydrogens (tertiary/aromatic N) is 1. The maximum Gasteiger partial charge on any atom is 0.330 e. The second kappa shape index (κ2) is 7.39. The van der Waals surface area contributed by atoms with E-state index in [4.69, 9.17) is 19.4 Å². The molecule has 0 aliphatic carbocycles. The Balaban J connectivity index is 4.46. The highest BCUT2D eigenvalue weighted by Gasteiger charge is 2.27. The monoisotopic (exact) mass is 249 g/mol. The molecule has 0 aromatic carbocycles. The van der Waals surface area contributed by atoms with E-state index in [1.807, 2.05) is 6.07 Å². The van der Waals surface area contributed by atoms with Crippen molar-refractivity contribution in [2.75, 3.05) is 20.4 Å². The molecule has 16 heavy (non-hydrogen) atoms. The predicted octanol–water partition coefficient (Wildman–Crippen LogP) is 1.87. The molecule has 0 heterocycles. The first-order valence-electron chi connectivity index (χ1n) is 4.76. The summed E-state index contributed by atoms with van der Waals surface area (Å²) in [6.45, 7) is 0. The highest BCUT2D eigenvalue weighted by atomic mass is 31.2. The summed E-state index contributed by atoms with van der Waals surface area (Å²) in [5, 5.41) is 17.1. The van der Waals surface area contributed by atoms with Crippen LogP contribution in [0.2, 0.25) is 0 Å². The van der Waals surface area contributed by atoms with Crippen LogP contribution in [0.15, 0.2) is 0 Å². The van der Waals surface area contributed by atoms with Gasteiger partial charge in [0.2, 0.25) is 0 Å². The van der Waals surface area contributed by atoms with Crippen molar-refractivity contribution < 1.29 is 23.5 Å². The fourth-order valence-corrected chi connectivity index (χ4v) is 2.70. The van der Waals surface area contributed by atoms with E-state index in [1.54, 1.807) is 0 Å². The maximum atomic E-state index is 11.8. The van der Waals surface area contributed by atoms with Gasteiger partial charge >= 0.3 is 13.6 Å². The fraction of sp³-hybridized carbons (Fsp3) is 0.778. The van der Waals surface area contributed by atoms with Crippen molar-refractivity contribution in [3.63, 3.8) is 0 Å². The van der Waals surface area contributed by atoms with Crippen molar-refractivity contribution in [2.45, 2.75) is 19.3 Å². The van der Waals surface area contributed by atoms with Gasteiger partial charge in [0.25, 0.3) is 0 Å². The van der Waals surface area contributed by atoms with Crippen molar-refractivity contribution in [1.29, 1.82) is 5.26 Å². The summed E-state index contributed by atoms with van der Waals surface area (Å²) in [4.78, 5) is 10.6. The quantitative estimate of drug-likeness (QED) is 0.659. The van der Waals surface area contributed by atoms with Crippen molar-refractivity contribution >= 4 is 13.6 Å². The summed E-state index contributed by atoms with van der Waals surface area (Å²) in [6.07, 6.45) is 0.483. The van der Waals surface area contributed by atoms with Gasteiger partial charge in [0.1, 0.15) is 0 Å². The number of hydrogen-bond donors (Lipinski definition) is 1. The molecule has 1 atom stereocenters. The molecule has 0 aromatic heterocycles. The first kappa shape index (κ1) is 15.1. The van der Waals surface area contributed by atoms with E-state index >= 15 is 0 Å². The van der Waals surface area contributed by atoms with Gasteiger partial charge in [-0.3, -0.25) is 9.36 Å². The summed E-state index contributed by atoms with van der Waals surface area (Å²) in [7, 11) is -0.694. The molecular weight excluding hydrogens is 233 g/mol. The maximum absolute atomic E-state index is 11.8. The van der Waals surface area contributed by atoms with Crippen LogP contribution in [-0.2, 0) is 18.4 Å². The van der Waals surface area contributed by atoms with Gasteiger partial charge in [-0.05, 0) is 12.3 Å². The van der Waals surface area contributed by atoms with Gasteiger partial charge in [0.15, 0.2) is 0 Å². The summed E-state index contributed by atoms with van der Waals surface area (Å²) in [5.41, 5.74) is 0. The number of carboxylic acids is 1. The standard InChI is InChI=1S/C9H16NO5P/c1-14-16(13,15-2)7-8(4-3-5-10)6-9(11)12/h8H,3-4,6-7H2,1-2H3,(H,11,12)/t8-/m0/s1. The highest BCUT2D eigenvalue weighted by molar-refractivity contribution is 7.53. The number of aliphatic carboxylic acids is 1. The number of carboxylic acid groups (broad SMARTS) is 1. The van der Waals surface area contributed by atoms with E-state index in [9.17, 15) is 9.36 Å². The largest absolute Gasteiger partial charge is 0.481 e. The predicted molar refractivity (Wildman–Crippen MR) is 57.1 cm³/mol. The Morgan fingerprint density at radius 2 is 2.06 bits per heavy atom. The summed E-state index contributed by atoms with van der Waals surface area (Å²) in [5.74, 6) is -1.36. The molecule has 0 bridgehead atoms. The molecule has 0 unspecified atom stereocenters. The van der Waals surface area contributed by atoms with Crippen LogP contribution in [0.3, 0.4) is 0 Å². The molecule has 0 aromatic rings. The van der Waals surface area contributed by atoms with E-state index < -0.39 is 13.6 Å². The van der Waals surface area contributed by atoms with Gasteiger partial charge in [-0.15, -0.1) is 0 Å². The number of hydrogen-bond acceptors (Lipinski definition) is 5. The average molecular weight is 249 g/mol. The molecule has 0 fully saturated rings. The molecule has 0 rings (SSSR count). The SMILES string of the molecule is COP(=O)(C[C@@H](CCC#N)CC(=O)O)OC. The van der Waals surface area contributed by atoms with E-state index in [0.29, 0.717) is 6.42 Å². The summed E-state index contributed by atoms with van der Waals surface area (Å²) < 4.78 is 21.3. The minimum atomic E-state index is -3.21. The Bertz CT molecular complexity index is 304. The second-order valence-corrected chi connectivity index (χ2v) is 5.64. The van der Waals surface area contributed by atoms with Crippen molar-refractivity contribution in [3.8, 4) is 6.07 Å². The van der Waals surface area contributed by atoms with Crippen LogP contribution >= 0.6 is 7.60 Å². The molecule has 6 nitrogen and oxygen atoms in total. The average Bonchev–Trinajstić information content (AvgIpc) is 2.25. The lowest BCUT2D eigenvalue weighted by Crippen LogP contribution is -2.13. The van der Waals surface area contributed by atoms with Gasteiger partial charge in [0.05, 0.1) is 12.2 Å². The lowest BCUT2D eigenvalue weighted by molar-refractivity contribution is -0.137. The van der Waals surface area contributed by atoms with Crippen LogP contribution in [0.4, 0.5) is 0 Å². The Kier molecular flexibility index (Phi) is 6.98. The smallest absolute Gasteiger partial charge is 0.330 e. The Labute approximate surface area is 94.7 Å². The van der Waals surface area contributed by atoms with Crippen molar-refractivity contribution in [2.24, 2.45) is 5.92 Å². The van der Waals surface area contributed by atoms with E-state index in [1.165, 1.54) is 14.2 Å². The Hall–Kier alpha value is -0.890. The van der Waals surface area contributed by atoms with Crippen LogP contribution in [0.25, 0.3) is 0 Å². The molecule has 0 radical (unpaired) electrons. The molecule has 0 aliphatic rings. The summed E-state index contributed by atoms with van der Waals surface area (Å²) in [6, 6.07) is 1.93. The van der Waals surface area contributed by atoms with Gasteiger partial charge < -0.3 is 14.2 Å². The van der Waals surface area contributed by atoms with E-state index in [0.717, 1.165) is 0 Å². The van der Waals surface area contributed by atoms with Crippen LogP contribution < -0.4 is 0 Å². The number of nitriles is 1. The Morgan fingerprint density at radius 3 is 2.44 bits per heavy atom. The first-order chi connectivity index (χ1) is 7.47. The Morgan fingerprint density at radius 1 is 1.50 bits per heavy atom.